The maximum atomic E-state index is 11.2. The zero-order valence-electron chi connectivity index (χ0n) is 9.81. The van der Waals surface area contributed by atoms with Crippen LogP contribution in [0.25, 0.3) is 10.9 Å². The van der Waals surface area contributed by atoms with Crippen molar-refractivity contribution in [3.8, 4) is 0 Å². The van der Waals surface area contributed by atoms with Crippen LogP contribution in [-0.4, -0.2) is 15.6 Å². The van der Waals surface area contributed by atoms with Gasteiger partial charge in [0.15, 0.2) is 0 Å². The molecule has 0 spiro atoms. The minimum atomic E-state index is -0.703. The van der Waals surface area contributed by atoms with Crippen LogP contribution < -0.4 is 0 Å². The van der Waals surface area contributed by atoms with Gasteiger partial charge in [-0.3, -0.25) is 4.79 Å². The maximum Gasteiger partial charge on any atom is 0.312 e. The molecule has 0 amide bonds. The van der Waals surface area contributed by atoms with Crippen LogP contribution in [0, 0.1) is 6.92 Å². The minimum Gasteiger partial charge on any atom is -0.481 e. The average Bonchev–Trinajstić information content (AvgIpc) is 2.65. The Balaban J connectivity index is 2.24. The second-order valence-electron chi connectivity index (χ2n) is 4.82. The summed E-state index contributed by atoms with van der Waals surface area (Å²) < 4.78 is 2.16. The lowest BCUT2D eigenvalue weighted by atomic mass is 9.96. The Bertz CT molecular complexity index is 598. The maximum absolute atomic E-state index is 11.2. The Morgan fingerprint density at radius 1 is 1.41 bits per heavy atom. The number of aryl methyl sites for hydroxylation is 2. The van der Waals surface area contributed by atoms with Gasteiger partial charge in [0.25, 0.3) is 0 Å². The monoisotopic (exact) mass is 229 g/mol. The molecule has 2 aromatic rings. The van der Waals surface area contributed by atoms with Crippen LogP contribution in [0.3, 0.4) is 0 Å². The number of carboxylic acids is 1. The van der Waals surface area contributed by atoms with Crippen LogP contribution in [0.15, 0.2) is 24.3 Å². The minimum absolute atomic E-state index is 0.337. The van der Waals surface area contributed by atoms with Gasteiger partial charge < -0.3 is 9.67 Å². The largest absolute Gasteiger partial charge is 0.481 e. The van der Waals surface area contributed by atoms with E-state index in [0.717, 1.165) is 36.0 Å². The highest BCUT2D eigenvalue weighted by Crippen LogP contribution is 2.33. The molecule has 0 aliphatic carbocycles. The summed E-state index contributed by atoms with van der Waals surface area (Å²) in [5.41, 5.74) is 3.34. The van der Waals surface area contributed by atoms with Crippen LogP contribution in [-0.2, 0) is 11.3 Å². The predicted molar refractivity (Wildman–Crippen MR) is 66.3 cm³/mol. The Morgan fingerprint density at radius 2 is 2.24 bits per heavy atom. The van der Waals surface area contributed by atoms with Gasteiger partial charge in [0.05, 0.1) is 5.92 Å². The smallest absolute Gasteiger partial charge is 0.312 e. The number of hydrogen-bond donors (Lipinski definition) is 1. The van der Waals surface area contributed by atoms with Crippen molar-refractivity contribution < 1.29 is 9.90 Å². The molecule has 88 valence electrons. The fraction of sp³-hybridized carbons (Fsp3) is 0.357. The number of hydrogen-bond acceptors (Lipinski definition) is 1. The van der Waals surface area contributed by atoms with Crippen LogP contribution in [0.5, 0.6) is 0 Å². The van der Waals surface area contributed by atoms with Gasteiger partial charge in [-0.05, 0) is 38.0 Å². The molecule has 0 saturated carbocycles. The second kappa shape index (κ2) is 3.62. The molecular weight excluding hydrogens is 214 g/mol. The van der Waals surface area contributed by atoms with E-state index in [0.29, 0.717) is 0 Å². The summed E-state index contributed by atoms with van der Waals surface area (Å²) in [7, 11) is 0. The van der Waals surface area contributed by atoms with E-state index >= 15 is 0 Å². The van der Waals surface area contributed by atoms with E-state index in [1.807, 2.05) is 6.07 Å². The normalized spacial score (nSPS) is 19.2. The third-order valence-corrected chi connectivity index (χ3v) is 3.62. The van der Waals surface area contributed by atoms with Crippen LogP contribution >= 0.6 is 0 Å². The Kier molecular flexibility index (Phi) is 2.21. The highest BCUT2D eigenvalue weighted by Gasteiger charge is 2.27. The first-order valence-corrected chi connectivity index (χ1v) is 5.99. The summed E-state index contributed by atoms with van der Waals surface area (Å²) in [5.74, 6) is -1.04. The third kappa shape index (κ3) is 1.54. The number of fused-ring (bicyclic) bond motifs is 3. The van der Waals surface area contributed by atoms with E-state index < -0.39 is 5.97 Å². The number of aromatic nitrogens is 1. The van der Waals surface area contributed by atoms with Crippen molar-refractivity contribution in [3.63, 3.8) is 0 Å². The van der Waals surface area contributed by atoms with Gasteiger partial charge in [0, 0.05) is 23.1 Å². The van der Waals surface area contributed by atoms with Crippen molar-refractivity contribution >= 4 is 16.9 Å². The Labute approximate surface area is 99.7 Å². The molecule has 1 N–H and O–H groups in total. The molecule has 2 heterocycles. The van der Waals surface area contributed by atoms with E-state index in [9.17, 15) is 9.90 Å². The highest BCUT2D eigenvalue weighted by atomic mass is 16.4. The van der Waals surface area contributed by atoms with E-state index in [1.54, 1.807) is 0 Å². The molecule has 3 rings (SSSR count). The van der Waals surface area contributed by atoms with E-state index in [4.69, 9.17) is 0 Å². The van der Waals surface area contributed by atoms with Crippen molar-refractivity contribution in [1.82, 2.24) is 4.57 Å². The SMILES string of the molecule is Cc1ccc2c(c1)cc1n2CCCC1C(=O)O. The molecule has 3 nitrogen and oxygen atoms in total. The topological polar surface area (TPSA) is 42.2 Å². The lowest BCUT2D eigenvalue weighted by Crippen LogP contribution is -2.21. The second-order valence-corrected chi connectivity index (χ2v) is 4.82. The van der Waals surface area contributed by atoms with Gasteiger partial charge in [-0.2, -0.15) is 0 Å². The predicted octanol–water partition coefficient (Wildman–Crippen LogP) is 2.91. The molecule has 0 saturated heterocycles. The third-order valence-electron chi connectivity index (χ3n) is 3.62. The number of carboxylic acid groups (broad SMARTS) is 1. The van der Waals surface area contributed by atoms with Gasteiger partial charge in [0.1, 0.15) is 0 Å². The van der Waals surface area contributed by atoms with Crippen molar-refractivity contribution in [2.75, 3.05) is 0 Å². The molecule has 0 fully saturated rings. The number of nitrogens with zero attached hydrogens (tertiary/aromatic N) is 1. The first-order valence-electron chi connectivity index (χ1n) is 5.99. The van der Waals surface area contributed by atoms with Crippen LogP contribution in [0.2, 0.25) is 0 Å². The van der Waals surface area contributed by atoms with Crippen molar-refractivity contribution in [2.24, 2.45) is 0 Å². The Morgan fingerprint density at radius 3 is 3.00 bits per heavy atom. The molecular formula is C14H15NO2. The standard InChI is InChI=1S/C14H15NO2/c1-9-4-5-12-10(7-9)8-13-11(14(16)17)3-2-6-15(12)13/h4-5,7-8,11H,2-3,6H2,1H3,(H,16,17). The summed E-state index contributed by atoms with van der Waals surface area (Å²) in [6.45, 7) is 3.00. The molecule has 1 aliphatic heterocycles. The molecule has 1 aromatic heterocycles. The zero-order valence-corrected chi connectivity index (χ0v) is 9.81. The van der Waals surface area contributed by atoms with Gasteiger partial charge >= 0.3 is 5.97 Å². The summed E-state index contributed by atoms with van der Waals surface area (Å²) in [6.07, 6.45) is 1.70. The lowest BCUT2D eigenvalue weighted by molar-refractivity contribution is -0.139. The van der Waals surface area contributed by atoms with Gasteiger partial charge in [-0.25, -0.2) is 0 Å². The molecule has 1 unspecified atom stereocenters. The highest BCUT2D eigenvalue weighted by molar-refractivity contribution is 5.85. The van der Waals surface area contributed by atoms with Gasteiger partial charge in [-0.15, -0.1) is 0 Å². The number of aliphatic carboxylic acids is 1. The first-order chi connectivity index (χ1) is 8.16. The van der Waals surface area contributed by atoms with E-state index in [1.165, 1.54) is 5.56 Å². The molecule has 0 radical (unpaired) electrons. The van der Waals surface area contributed by atoms with Crippen molar-refractivity contribution in [2.45, 2.75) is 32.2 Å². The molecule has 1 aromatic carbocycles. The molecule has 17 heavy (non-hydrogen) atoms. The van der Waals surface area contributed by atoms with Gasteiger partial charge in [-0.1, -0.05) is 11.6 Å². The van der Waals surface area contributed by atoms with Crippen LogP contribution in [0.4, 0.5) is 0 Å². The number of benzene rings is 1. The summed E-state index contributed by atoms with van der Waals surface area (Å²) >= 11 is 0. The fourth-order valence-corrected chi connectivity index (χ4v) is 2.80. The molecule has 0 bridgehead atoms. The average molecular weight is 229 g/mol. The van der Waals surface area contributed by atoms with Crippen LogP contribution in [0.1, 0.15) is 30.0 Å². The molecule has 1 atom stereocenters. The van der Waals surface area contributed by atoms with Crippen molar-refractivity contribution in [1.29, 1.82) is 0 Å². The van der Waals surface area contributed by atoms with Crippen molar-refractivity contribution in [3.05, 3.63) is 35.5 Å². The number of carbonyl (C=O) groups is 1. The summed E-state index contributed by atoms with van der Waals surface area (Å²) in [6, 6.07) is 8.35. The fourth-order valence-electron chi connectivity index (χ4n) is 2.80. The quantitative estimate of drug-likeness (QED) is 0.817. The summed E-state index contributed by atoms with van der Waals surface area (Å²) in [4.78, 5) is 11.2. The molecule has 3 heteroatoms. The lowest BCUT2D eigenvalue weighted by Gasteiger charge is -2.22. The Hall–Kier alpha value is -1.77. The van der Waals surface area contributed by atoms with E-state index in [2.05, 4.69) is 29.7 Å². The van der Waals surface area contributed by atoms with E-state index in [-0.39, 0.29) is 5.92 Å². The summed E-state index contributed by atoms with van der Waals surface area (Å²) in [5, 5.41) is 10.4. The first kappa shape index (κ1) is 10.4. The zero-order chi connectivity index (χ0) is 12.0. The molecule has 1 aliphatic rings. The van der Waals surface area contributed by atoms with Gasteiger partial charge in [0.2, 0.25) is 0 Å². The number of rotatable bonds is 1.